The minimum Gasteiger partial charge on any atom is -0.316 e. The molecule has 0 aliphatic rings. The van der Waals surface area contributed by atoms with Gasteiger partial charge in [-0.15, -0.1) is 0 Å². The number of hydroxylamine groups is 1. The lowest BCUT2D eigenvalue weighted by atomic mass is 10.4. The molecule has 0 fully saturated rings. The Morgan fingerprint density at radius 3 is 2.90 bits per heavy atom. The Labute approximate surface area is 59.4 Å². The monoisotopic (exact) mass is 141 g/mol. The molecule has 0 unspecified atom stereocenters. The summed E-state index contributed by atoms with van der Waals surface area (Å²) < 4.78 is 1.73. The normalized spacial score (nSPS) is 10.3. The Kier molecular flexibility index (Phi) is 2.03. The Morgan fingerprint density at radius 1 is 1.80 bits per heavy atom. The van der Waals surface area contributed by atoms with E-state index in [4.69, 9.17) is 5.21 Å². The van der Waals surface area contributed by atoms with Crippen LogP contribution in [0.4, 0.5) is 0 Å². The highest BCUT2D eigenvalue weighted by Gasteiger charge is 1.98. The van der Waals surface area contributed by atoms with E-state index in [1.807, 2.05) is 20.0 Å². The molecule has 0 amide bonds. The highest BCUT2D eigenvalue weighted by atomic mass is 16.5. The molecule has 4 heteroatoms. The molecule has 0 saturated heterocycles. The summed E-state index contributed by atoms with van der Waals surface area (Å²) in [5.74, 6) is 0. The summed E-state index contributed by atoms with van der Waals surface area (Å²) in [6, 6.07) is 1.92. The molecule has 0 saturated carbocycles. The summed E-state index contributed by atoms with van der Waals surface area (Å²) in [4.78, 5) is 0. The number of nitrogens with one attached hydrogen (secondary N) is 1. The fourth-order valence-electron chi connectivity index (χ4n) is 0.911. The summed E-state index contributed by atoms with van der Waals surface area (Å²) >= 11 is 0. The molecule has 0 aliphatic heterocycles. The van der Waals surface area contributed by atoms with Crippen LogP contribution in [-0.2, 0) is 13.6 Å². The second-order valence-corrected chi connectivity index (χ2v) is 2.24. The van der Waals surface area contributed by atoms with Crippen molar-refractivity contribution >= 4 is 0 Å². The third-order valence-corrected chi connectivity index (χ3v) is 1.36. The van der Waals surface area contributed by atoms with E-state index < -0.39 is 0 Å². The third kappa shape index (κ3) is 1.34. The van der Waals surface area contributed by atoms with Gasteiger partial charge in [0.25, 0.3) is 0 Å². The lowest BCUT2D eigenvalue weighted by molar-refractivity contribution is 0.158. The minimum absolute atomic E-state index is 0.442. The molecule has 10 heavy (non-hydrogen) atoms. The first kappa shape index (κ1) is 7.24. The zero-order valence-electron chi connectivity index (χ0n) is 6.13. The van der Waals surface area contributed by atoms with Gasteiger partial charge in [0, 0.05) is 7.05 Å². The quantitative estimate of drug-likeness (QED) is 0.579. The Morgan fingerprint density at radius 2 is 2.50 bits per heavy atom. The number of hydrogen-bond acceptors (Lipinski definition) is 3. The standard InChI is InChI=1S/C6H11N3O/c1-5-3-6(4-7-10)9(2)8-5/h3,7,10H,4H2,1-2H3. The van der Waals surface area contributed by atoms with Crippen molar-refractivity contribution < 1.29 is 5.21 Å². The topological polar surface area (TPSA) is 50.1 Å². The number of nitrogens with zero attached hydrogens (tertiary/aromatic N) is 2. The van der Waals surface area contributed by atoms with Crippen molar-refractivity contribution in [2.45, 2.75) is 13.5 Å². The van der Waals surface area contributed by atoms with Crippen molar-refractivity contribution in [1.82, 2.24) is 15.3 Å². The number of hydrogen-bond donors (Lipinski definition) is 2. The third-order valence-electron chi connectivity index (χ3n) is 1.36. The largest absolute Gasteiger partial charge is 0.316 e. The molecule has 56 valence electrons. The van der Waals surface area contributed by atoms with E-state index in [1.54, 1.807) is 4.68 Å². The first-order valence-electron chi connectivity index (χ1n) is 3.10. The molecule has 2 N–H and O–H groups in total. The van der Waals surface area contributed by atoms with Crippen LogP contribution in [0.5, 0.6) is 0 Å². The highest BCUT2D eigenvalue weighted by molar-refractivity contribution is 5.07. The lowest BCUT2D eigenvalue weighted by Crippen LogP contribution is -2.10. The predicted octanol–water partition coefficient (Wildman–Crippen LogP) is 0.207. The van der Waals surface area contributed by atoms with Gasteiger partial charge in [0.05, 0.1) is 17.9 Å². The maximum absolute atomic E-state index is 8.36. The van der Waals surface area contributed by atoms with Crippen LogP contribution in [0.25, 0.3) is 0 Å². The van der Waals surface area contributed by atoms with E-state index in [-0.39, 0.29) is 0 Å². The van der Waals surface area contributed by atoms with E-state index in [0.29, 0.717) is 6.54 Å². The average Bonchev–Trinajstić information content (AvgIpc) is 2.13. The van der Waals surface area contributed by atoms with Gasteiger partial charge in [0.2, 0.25) is 0 Å². The molecule has 0 spiro atoms. The van der Waals surface area contributed by atoms with Crippen molar-refractivity contribution in [1.29, 1.82) is 0 Å². The van der Waals surface area contributed by atoms with Crippen molar-refractivity contribution in [3.8, 4) is 0 Å². The molecule has 0 atom stereocenters. The second kappa shape index (κ2) is 2.81. The molecule has 0 radical (unpaired) electrons. The maximum Gasteiger partial charge on any atom is 0.0628 e. The van der Waals surface area contributed by atoms with Gasteiger partial charge in [0.1, 0.15) is 0 Å². The van der Waals surface area contributed by atoms with Gasteiger partial charge < -0.3 is 5.21 Å². The van der Waals surface area contributed by atoms with Crippen molar-refractivity contribution in [2.75, 3.05) is 0 Å². The molecule has 0 aliphatic carbocycles. The van der Waals surface area contributed by atoms with Crippen LogP contribution in [0.15, 0.2) is 6.07 Å². The lowest BCUT2D eigenvalue weighted by Gasteiger charge is -1.96. The maximum atomic E-state index is 8.36. The molecule has 0 aromatic carbocycles. The van der Waals surface area contributed by atoms with Gasteiger partial charge >= 0.3 is 0 Å². The smallest absolute Gasteiger partial charge is 0.0628 e. The summed E-state index contributed by atoms with van der Waals surface area (Å²) in [6.45, 7) is 2.36. The Hall–Kier alpha value is -0.870. The first-order chi connectivity index (χ1) is 4.74. The first-order valence-corrected chi connectivity index (χ1v) is 3.10. The van der Waals surface area contributed by atoms with Gasteiger partial charge in [-0.1, -0.05) is 0 Å². The fraction of sp³-hybridized carbons (Fsp3) is 0.500. The predicted molar refractivity (Wildman–Crippen MR) is 36.6 cm³/mol. The summed E-state index contributed by atoms with van der Waals surface area (Å²) in [5.41, 5.74) is 4.02. The molecular formula is C6H11N3O. The van der Waals surface area contributed by atoms with Crippen LogP contribution in [0, 0.1) is 6.92 Å². The molecule has 1 rings (SSSR count). The Bertz CT molecular complexity index is 219. The van der Waals surface area contributed by atoms with Crippen molar-refractivity contribution in [3.63, 3.8) is 0 Å². The fourth-order valence-corrected chi connectivity index (χ4v) is 0.911. The van der Waals surface area contributed by atoms with Crippen LogP contribution >= 0.6 is 0 Å². The summed E-state index contributed by atoms with van der Waals surface area (Å²) in [7, 11) is 1.85. The van der Waals surface area contributed by atoms with E-state index in [9.17, 15) is 0 Å². The van der Waals surface area contributed by atoms with Crippen LogP contribution in [-0.4, -0.2) is 15.0 Å². The van der Waals surface area contributed by atoms with Gasteiger partial charge in [0.15, 0.2) is 0 Å². The molecule has 4 nitrogen and oxygen atoms in total. The van der Waals surface area contributed by atoms with Gasteiger partial charge in [-0.2, -0.15) is 10.6 Å². The van der Waals surface area contributed by atoms with Gasteiger partial charge in [-0.3, -0.25) is 4.68 Å². The molecular weight excluding hydrogens is 130 g/mol. The van der Waals surface area contributed by atoms with Crippen molar-refractivity contribution in [2.24, 2.45) is 7.05 Å². The van der Waals surface area contributed by atoms with E-state index in [1.165, 1.54) is 0 Å². The van der Waals surface area contributed by atoms with Gasteiger partial charge in [-0.05, 0) is 13.0 Å². The van der Waals surface area contributed by atoms with Crippen molar-refractivity contribution in [3.05, 3.63) is 17.5 Å². The highest BCUT2D eigenvalue weighted by Crippen LogP contribution is 1.99. The zero-order chi connectivity index (χ0) is 7.56. The number of aromatic nitrogens is 2. The SMILES string of the molecule is Cc1cc(CNO)n(C)n1. The molecule has 1 heterocycles. The van der Waals surface area contributed by atoms with E-state index in [2.05, 4.69) is 10.6 Å². The zero-order valence-corrected chi connectivity index (χ0v) is 6.13. The average molecular weight is 141 g/mol. The van der Waals surface area contributed by atoms with Crippen LogP contribution < -0.4 is 5.48 Å². The number of aryl methyl sites for hydroxylation is 2. The summed E-state index contributed by atoms with van der Waals surface area (Å²) in [6.07, 6.45) is 0. The second-order valence-electron chi connectivity index (χ2n) is 2.24. The number of rotatable bonds is 2. The van der Waals surface area contributed by atoms with Crippen LogP contribution in [0.1, 0.15) is 11.4 Å². The van der Waals surface area contributed by atoms with Crippen LogP contribution in [0.3, 0.4) is 0 Å². The summed E-state index contributed by atoms with van der Waals surface area (Å²) in [5, 5.41) is 12.5. The molecule has 0 bridgehead atoms. The van der Waals surface area contributed by atoms with Crippen LogP contribution in [0.2, 0.25) is 0 Å². The van der Waals surface area contributed by atoms with E-state index in [0.717, 1.165) is 11.4 Å². The molecule has 1 aromatic rings. The van der Waals surface area contributed by atoms with E-state index >= 15 is 0 Å². The Balaban J connectivity index is 2.81. The minimum atomic E-state index is 0.442. The van der Waals surface area contributed by atoms with Gasteiger partial charge in [-0.25, -0.2) is 0 Å². The molecule has 1 aromatic heterocycles.